The number of aromatic nitrogens is 1. The fraction of sp³-hybridized carbons (Fsp3) is 0.714. The molecule has 0 unspecified atom stereocenters. The summed E-state index contributed by atoms with van der Waals surface area (Å²) in [6.45, 7) is 6.83. The second-order valence-corrected chi connectivity index (χ2v) is 8.12. The number of amides is 1. The number of carbonyl (C=O) groups is 1. The largest absolute Gasteiger partial charge is 0.381 e. The van der Waals surface area contributed by atoms with Crippen molar-refractivity contribution in [3.8, 4) is 0 Å². The summed E-state index contributed by atoms with van der Waals surface area (Å²) in [6.07, 6.45) is 6.60. The Morgan fingerprint density at radius 3 is 2.79 bits per heavy atom. The zero-order chi connectivity index (χ0) is 19.8. The summed E-state index contributed by atoms with van der Waals surface area (Å²) < 4.78 is 5.49. The van der Waals surface area contributed by atoms with E-state index in [0.717, 1.165) is 76.3 Å². The van der Waals surface area contributed by atoms with Crippen molar-refractivity contribution in [2.45, 2.75) is 51.1 Å². The van der Waals surface area contributed by atoms with Crippen LogP contribution in [0.2, 0.25) is 0 Å². The number of nitrogens with zero attached hydrogens (tertiary/aromatic N) is 2. The van der Waals surface area contributed by atoms with Gasteiger partial charge in [0.2, 0.25) is 5.91 Å². The third-order valence-electron chi connectivity index (χ3n) is 5.76. The van der Waals surface area contributed by atoms with Crippen molar-refractivity contribution in [3.05, 3.63) is 23.9 Å². The summed E-state index contributed by atoms with van der Waals surface area (Å²) in [5.41, 5.74) is 7.43. The third-order valence-corrected chi connectivity index (χ3v) is 5.76. The van der Waals surface area contributed by atoms with Crippen LogP contribution in [0.4, 0.5) is 5.82 Å². The number of nitrogens with two attached hydrogens (primary N) is 1. The van der Waals surface area contributed by atoms with Crippen LogP contribution in [0.3, 0.4) is 0 Å². The van der Waals surface area contributed by atoms with Crippen LogP contribution in [0.5, 0.6) is 0 Å². The van der Waals surface area contributed by atoms with Crippen molar-refractivity contribution < 1.29 is 9.53 Å². The molecule has 156 valence electrons. The Bertz CT molecular complexity index is 603. The number of hydrogen-bond acceptors (Lipinski definition) is 6. The number of carbonyl (C=O) groups excluding carboxylic acids is 1. The first kappa shape index (κ1) is 21.0. The molecule has 0 saturated carbocycles. The van der Waals surface area contributed by atoms with Gasteiger partial charge in [-0.15, -0.1) is 0 Å². The normalized spacial score (nSPS) is 24.5. The Morgan fingerprint density at radius 2 is 2.04 bits per heavy atom. The molecule has 0 aromatic carbocycles. The second kappa shape index (κ2) is 10.7. The molecule has 4 N–H and O–H groups in total. The molecule has 28 heavy (non-hydrogen) atoms. The minimum atomic E-state index is 0.0307. The summed E-state index contributed by atoms with van der Waals surface area (Å²) in [7, 11) is 0. The second-order valence-electron chi connectivity index (χ2n) is 8.12. The molecule has 2 atom stereocenters. The highest BCUT2D eigenvalue weighted by molar-refractivity contribution is 5.78. The fourth-order valence-corrected chi connectivity index (χ4v) is 4.05. The number of ether oxygens (including phenoxy) is 1. The minimum absolute atomic E-state index is 0.0307. The summed E-state index contributed by atoms with van der Waals surface area (Å²) >= 11 is 0. The monoisotopic (exact) mass is 389 g/mol. The molecule has 2 aliphatic rings. The van der Waals surface area contributed by atoms with Crippen LogP contribution in [-0.4, -0.2) is 67.3 Å². The van der Waals surface area contributed by atoms with E-state index >= 15 is 0 Å². The third kappa shape index (κ3) is 6.43. The van der Waals surface area contributed by atoms with Gasteiger partial charge in [0, 0.05) is 57.7 Å². The lowest BCUT2D eigenvalue weighted by atomic mass is 10.0. The van der Waals surface area contributed by atoms with Crippen LogP contribution in [0.25, 0.3) is 0 Å². The van der Waals surface area contributed by atoms with Gasteiger partial charge < -0.3 is 21.1 Å². The Hall–Kier alpha value is -1.70. The highest BCUT2D eigenvalue weighted by Crippen LogP contribution is 2.22. The SMILES string of the molecule is Cc1ccc(NCCCNC(=O)[C@@H]2CC[C@H](N)CN(C3CCOCC3)C2)nc1. The van der Waals surface area contributed by atoms with Gasteiger partial charge in [-0.2, -0.15) is 0 Å². The first-order valence-corrected chi connectivity index (χ1v) is 10.6. The maximum absolute atomic E-state index is 12.7. The number of aryl methyl sites for hydroxylation is 1. The molecular formula is C21H35N5O2. The van der Waals surface area contributed by atoms with E-state index in [-0.39, 0.29) is 17.9 Å². The Balaban J connectivity index is 1.40. The quantitative estimate of drug-likeness (QED) is 0.613. The standard InChI is InChI=1S/C21H35N5O2/c1-16-3-6-20(25-13-16)23-9-2-10-24-21(27)17-4-5-18(22)15-26(14-17)19-7-11-28-12-8-19/h3,6,13,17-19H,2,4-5,7-12,14-15,22H2,1H3,(H,23,25)(H,24,27)/t17-,18+/m1/s1. The summed E-state index contributed by atoms with van der Waals surface area (Å²) in [4.78, 5) is 19.5. The predicted octanol–water partition coefficient (Wildman–Crippen LogP) is 1.53. The lowest BCUT2D eigenvalue weighted by molar-refractivity contribution is -0.125. The zero-order valence-electron chi connectivity index (χ0n) is 17.0. The molecular weight excluding hydrogens is 354 g/mol. The summed E-state index contributed by atoms with van der Waals surface area (Å²) in [5.74, 6) is 1.07. The van der Waals surface area contributed by atoms with Gasteiger partial charge in [-0.05, 0) is 50.7 Å². The number of nitrogens with one attached hydrogen (secondary N) is 2. The molecule has 2 aliphatic heterocycles. The topological polar surface area (TPSA) is 92.5 Å². The van der Waals surface area contributed by atoms with Crippen LogP contribution in [-0.2, 0) is 9.53 Å². The molecule has 0 spiro atoms. The highest BCUT2D eigenvalue weighted by atomic mass is 16.5. The van der Waals surface area contributed by atoms with Gasteiger partial charge >= 0.3 is 0 Å². The molecule has 1 aromatic rings. The van der Waals surface area contributed by atoms with E-state index in [9.17, 15) is 4.79 Å². The average molecular weight is 390 g/mol. The van der Waals surface area contributed by atoms with Crippen molar-refractivity contribution in [3.63, 3.8) is 0 Å². The number of anilines is 1. The Morgan fingerprint density at radius 1 is 1.21 bits per heavy atom. The van der Waals surface area contributed by atoms with E-state index in [1.54, 1.807) is 0 Å². The van der Waals surface area contributed by atoms with Crippen molar-refractivity contribution in [2.24, 2.45) is 11.7 Å². The van der Waals surface area contributed by atoms with Gasteiger partial charge in [-0.3, -0.25) is 9.69 Å². The van der Waals surface area contributed by atoms with E-state index < -0.39 is 0 Å². The maximum Gasteiger partial charge on any atom is 0.224 e. The lowest BCUT2D eigenvalue weighted by Crippen LogP contribution is -2.47. The molecule has 3 heterocycles. The molecule has 0 bridgehead atoms. The minimum Gasteiger partial charge on any atom is -0.381 e. The first-order valence-electron chi connectivity index (χ1n) is 10.6. The van der Waals surface area contributed by atoms with Gasteiger partial charge in [-0.25, -0.2) is 4.98 Å². The van der Waals surface area contributed by atoms with E-state index in [2.05, 4.69) is 20.5 Å². The number of hydrogen-bond donors (Lipinski definition) is 3. The van der Waals surface area contributed by atoms with E-state index in [1.165, 1.54) is 0 Å². The van der Waals surface area contributed by atoms with Crippen LogP contribution in [0, 0.1) is 12.8 Å². The molecule has 0 radical (unpaired) electrons. The molecule has 1 aromatic heterocycles. The molecule has 1 amide bonds. The summed E-state index contributed by atoms with van der Waals surface area (Å²) in [6, 6.07) is 4.68. The van der Waals surface area contributed by atoms with Gasteiger partial charge in [0.25, 0.3) is 0 Å². The summed E-state index contributed by atoms with van der Waals surface area (Å²) in [5, 5.41) is 6.41. The van der Waals surface area contributed by atoms with Crippen LogP contribution < -0.4 is 16.4 Å². The Labute approximate surface area is 168 Å². The van der Waals surface area contributed by atoms with Crippen LogP contribution >= 0.6 is 0 Å². The van der Waals surface area contributed by atoms with Crippen molar-refractivity contribution in [1.82, 2.24) is 15.2 Å². The first-order chi connectivity index (χ1) is 13.6. The predicted molar refractivity (Wildman–Crippen MR) is 111 cm³/mol. The van der Waals surface area contributed by atoms with Crippen LogP contribution in [0.1, 0.15) is 37.7 Å². The molecule has 2 fully saturated rings. The van der Waals surface area contributed by atoms with E-state index in [1.807, 2.05) is 25.3 Å². The fourth-order valence-electron chi connectivity index (χ4n) is 4.05. The molecule has 3 rings (SSSR count). The van der Waals surface area contributed by atoms with E-state index in [4.69, 9.17) is 10.5 Å². The highest BCUT2D eigenvalue weighted by Gasteiger charge is 2.31. The molecule has 7 nitrogen and oxygen atoms in total. The van der Waals surface area contributed by atoms with Crippen molar-refractivity contribution in [2.75, 3.05) is 44.7 Å². The smallest absolute Gasteiger partial charge is 0.224 e. The number of rotatable bonds is 7. The van der Waals surface area contributed by atoms with Gasteiger partial charge in [0.05, 0.1) is 5.92 Å². The average Bonchev–Trinajstić information content (AvgIpc) is 2.91. The van der Waals surface area contributed by atoms with Gasteiger partial charge in [0.15, 0.2) is 0 Å². The van der Waals surface area contributed by atoms with Crippen molar-refractivity contribution in [1.29, 1.82) is 0 Å². The number of likely N-dealkylation sites (tertiary alicyclic amines) is 1. The van der Waals surface area contributed by atoms with E-state index in [0.29, 0.717) is 12.6 Å². The Kier molecular flexibility index (Phi) is 8.06. The lowest BCUT2D eigenvalue weighted by Gasteiger charge is -2.35. The van der Waals surface area contributed by atoms with Gasteiger partial charge in [0.1, 0.15) is 5.82 Å². The molecule has 7 heteroatoms. The molecule has 2 saturated heterocycles. The zero-order valence-corrected chi connectivity index (χ0v) is 17.0. The van der Waals surface area contributed by atoms with Crippen molar-refractivity contribution >= 4 is 11.7 Å². The number of pyridine rings is 1. The van der Waals surface area contributed by atoms with Gasteiger partial charge in [-0.1, -0.05) is 6.07 Å². The molecule has 0 aliphatic carbocycles. The maximum atomic E-state index is 12.7. The van der Waals surface area contributed by atoms with Crippen LogP contribution in [0.15, 0.2) is 18.3 Å².